The molecule has 10 nitrogen and oxygen atoms in total. The van der Waals surface area contributed by atoms with E-state index >= 15 is 0 Å². The Morgan fingerprint density at radius 2 is 1.53 bits per heavy atom. The second-order valence-electron chi connectivity index (χ2n) is 7.86. The summed E-state index contributed by atoms with van der Waals surface area (Å²) in [6, 6.07) is 17.0. The fourth-order valence-corrected chi connectivity index (χ4v) is 5.02. The van der Waals surface area contributed by atoms with Crippen LogP contribution >= 0.6 is 0 Å². The zero-order valence-electron chi connectivity index (χ0n) is 20.0. The van der Waals surface area contributed by atoms with E-state index in [0.29, 0.717) is 45.7 Å². The molecule has 0 aliphatic carbocycles. The van der Waals surface area contributed by atoms with Gasteiger partial charge in [0, 0.05) is 11.8 Å². The van der Waals surface area contributed by atoms with Gasteiger partial charge in [0.2, 0.25) is 0 Å². The Labute approximate surface area is 207 Å². The number of aromatic nitrogens is 5. The second kappa shape index (κ2) is 9.00. The van der Waals surface area contributed by atoms with Gasteiger partial charge in [-0.15, -0.1) is 0 Å². The van der Waals surface area contributed by atoms with Crippen molar-refractivity contribution in [3.8, 4) is 39.9 Å². The zero-order valence-corrected chi connectivity index (χ0v) is 20.9. The van der Waals surface area contributed by atoms with Gasteiger partial charge in [0.25, 0.3) is 10.0 Å². The van der Waals surface area contributed by atoms with Crippen molar-refractivity contribution < 1.29 is 22.6 Å². The molecule has 0 atom stereocenters. The van der Waals surface area contributed by atoms with Gasteiger partial charge in [-0.25, -0.2) is 9.50 Å². The van der Waals surface area contributed by atoms with Gasteiger partial charge in [-0.1, -0.05) is 0 Å². The fourth-order valence-electron chi connectivity index (χ4n) is 3.91. The highest BCUT2D eigenvalue weighted by Gasteiger charge is 2.22. The number of hydrogen-bond donors (Lipinski definition) is 0. The quantitative estimate of drug-likeness (QED) is 0.328. The predicted octanol–water partition coefficient (Wildman–Crippen LogP) is 3.83. The Morgan fingerprint density at radius 1 is 0.778 bits per heavy atom. The summed E-state index contributed by atoms with van der Waals surface area (Å²) in [6.45, 7) is 1.83. The lowest BCUT2D eigenvalue weighted by atomic mass is 10.1. The minimum Gasteiger partial charge on any atom is -0.497 e. The van der Waals surface area contributed by atoms with Gasteiger partial charge in [-0.05, 0) is 67.6 Å². The summed E-state index contributed by atoms with van der Waals surface area (Å²) in [5.74, 6) is 1.76. The van der Waals surface area contributed by atoms with E-state index in [4.69, 9.17) is 19.3 Å². The lowest BCUT2D eigenvalue weighted by Crippen LogP contribution is -2.13. The highest BCUT2D eigenvalue weighted by atomic mass is 32.2. The third kappa shape index (κ3) is 3.93. The smallest absolute Gasteiger partial charge is 0.282 e. The van der Waals surface area contributed by atoms with E-state index in [1.54, 1.807) is 36.9 Å². The van der Waals surface area contributed by atoms with Crippen molar-refractivity contribution in [3.63, 3.8) is 0 Å². The molecule has 0 N–H and O–H groups in total. The summed E-state index contributed by atoms with van der Waals surface area (Å²) in [5, 5.41) is 9.13. The highest BCUT2D eigenvalue weighted by molar-refractivity contribution is 7.89. The van der Waals surface area contributed by atoms with E-state index in [0.717, 1.165) is 9.65 Å². The molecule has 0 amide bonds. The lowest BCUT2D eigenvalue weighted by Gasteiger charge is -2.09. The molecule has 36 heavy (non-hydrogen) atoms. The Balaban J connectivity index is 1.57. The molecule has 2 aromatic carbocycles. The topological polar surface area (TPSA) is 110 Å². The van der Waals surface area contributed by atoms with E-state index in [2.05, 4.69) is 10.1 Å². The Morgan fingerprint density at radius 3 is 2.22 bits per heavy atom. The number of methoxy groups -OCH3 is 3. The van der Waals surface area contributed by atoms with Crippen LogP contribution < -0.4 is 14.2 Å². The number of benzene rings is 2. The summed E-state index contributed by atoms with van der Waals surface area (Å²) in [5.41, 5.74) is 3.79. The van der Waals surface area contributed by atoms with Crippen LogP contribution in [0.1, 0.15) is 5.69 Å². The van der Waals surface area contributed by atoms with Gasteiger partial charge in [0.15, 0.2) is 17.1 Å². The highest BCUT2D eigenvalue weighted by Crippen LogP contribution is 2.32. The van der Waals surface area contributed by atoms with Crippen LogP contribution in [0.5, 0.6) is 17.2 Å². The van der Waals surface area contributed by atoms with Crippen LogP contribution in [0.3, 0.4) is 0 Å². The first-order chi connectivity index (χ1) is 17.3. The molecule has 0 saturated carbocycles. The van der Waals surface area contributed by atoms with Crippen molar-refractivity contribution in [2.75, 3.05) is 21.3 Å². The molecule has 0 saturated heterocycles. The maximum atomic E-state index is 13.1. The fraction of sp³-hybridized carbons (Fsp3) is 0.160. The average molecular weight is 506 g/mol. The maximum absolute atomic E-state index is 13.1. The van der Waals surface area contributed by atoms with Gasteiger partial charge >= 0.3 is 0 Å². The van der Waals surface area contributed by atoms with Gasteiger partial charge in [-0.3, -0.25) is 0 Å². The third-order valence-electron chi connectivity index (χ3n) is 5.74. The normalized spacial score (nSPS) is 11.6. The van der Waals surface area contributed by atoms with Gasteiger partial charge in [-0.2, -0.15) is 22.7 Å². The van der Waals surface area contributed by atoms with Crippen molar-refractivity contribution in [1.29, 1.82) is 0 Å². The van der Waals surface area contributed by atoms with Gasteiger partial charge in [0.05, 0.1) is 37.6 Å². The second-order valence-corrected chi connectivity index (χ2v) is 9.65. The molecule has 0 spiro atoms. The van der Waals surface area contributed by atoms with Gasteiger partial charge < -0.3 is 14.2 Å². The van der Waals surface area contributed by atoms with E-state index in [-0.39, 0.29) is 4.90 Å². The number of imidazole rings is 1. The van der Waals surface area contributed by atoms with Crippen molar-refractivity contribution >= 4 is 15.7 Å². The molecule has 3 heterocycles. The minimum absolute atomic E-state index is 0.0988. The van der Waals surface area contributed by atoms with Crippen LogP contribution in [0.15, 0.2) is 71.8 Å². The standard InChI is InChI=1S/C25H23N5O5S/c1-16-25(21-13-14-29(27-21)36(31,32)19-8-6-18(33-2)7-9-19)30-24(26-16)12-10-20(28-30)17-5-11-22(34-3)23(15-17)35-4/h5-15H,1-4H3. The summed E-state index contributed by atoms with van der Waals surface area (Å²) in [7, 11) is 0.783. The van der Waals surface area contributed by atoms with Crippen LogP contribution in [0.2, 0.25) is 0 Å². The van der Waals surface area contributed by atoms with Crippen molar-refractivity contribution in [2.45, 2.75) is 11.8 Å². The first-order valence-electron chi connectivity index (χ1n) is 10.9. The molecule has 3 aromatic heterocycles. The van der Waals surface area contributed by atoms with Crippen LogP contribution in [-0.2, 0) is 10.0 Å². The molecule has 0 bridgehead atoms. The maximum Gasteiger partial charge on any atom is 0.282 e. The molecule has 5 aromatic rings. The summed E-state index contributed by atoms with van der Waals surface area (Å²) >= 11 is 0. The number of ether oxygens (including phenoxy) is 3. The van der Waals surface area contributed by atoms with E-state index in [1.165, 1.54) is 25.4 Å². The van der Waals surface area contributed by atoms with Crippen LogP contribution in [0, 0.1) is 6.92 Å². The molecule has 0 radical (unpaired) electrons. The number of rotatable bonds is 7. The molecule has 0 aliphatic rings. The average Bonchev–Trinajstić information content (AvgIpc) is 3.52. The van der Waals surface area contributed by atoms with Gasteiger partial charge in [0.1, 0.15) is 17.1 Å². The van der Waals surface area contributed by atoms with Crippen LogP contribution in [0.25, 0.3) is 28.3 Å². The molecule has 0 aliphatic heterocycles. The Kier molecular flexibility index (Phi) is 5.84. The number of hydrogen-bond acceptors (Lipinski definition) is 8. The summed E-state index contributed by atoms with van der Waals surface area (Å²) in [6.07, 6.45) is 1.41. The molecule has 5 rings (SSSR count). The lowest BCUT2D eigenvalue weighted by molar-refractivity contribution is 0.355. The van der Waals surface area contributed by atoms with Crippen LogP contribution in [0.4, 0.5) is 0 Å². The SMILES string of the molecule is COc1ccc(S(=O)(=O)n2ccc(-c3c(C)nc4ccc(-c5ccc(OC)c(OC)c5)nn34)n2)cc1. The first kappa shape index (κ1) is 23.4. The Hall–Kier alpha value is -4.38. The van der Waals surface area contributed by atoms with Crippen molar-refractivity contribution in [3.05, 3.63) is 72.6 Å². The van der Waals surface area contributed by atoms with Crippen LogP contribution in [-0.4, -0.2) is 53.5 Å². The molecule has 11 heteroatoms. The minimum atomic E-state index is -3.89. The molecular formula is C25H23N5O5S. The van der Waals surface area contributed by atoms with E-state index in [1.807, 2.05) is 37.3 Å². The molecule has 184 valence electrons. The summed E-state index contributed by atoms with van der Waals surface area (Å²) < 4.78 is 44.7. The monoisotopic (exact) mass is 505 g/mol. The molecular weight excluding hydrogens is 482 g/mol. The number of fused-ring (bicyclic) bond motifs is 1. The van der Waals surface area contributed by atoms with E-state index in [9.17, 15) is 8.42 Å². The molecule has 0 unspecified atom stereocenters. The van der Waals surface area contributed by atoms with Crippen molar-refractivity contribution in [2.24, 2.45) is 0 Å². The molecule has 0 fully saturated rings. The number of nitrogens with zero attached hydrogens (tertiary/aromatic N) is 5. The Bertz CT molecular complexity index is 1670. The van der Waals surface area contributed by atoms with E-state index < -0.39 is 10.0 Å². The predicted molar refractivity (Wildman–Crippen MR) is 133 cm³/mol. The summed E-state index contributed by atoms with van der Waals surface area (Å²) in [4.78, 5) is 4.68. The zero-order chi connectivity index (χ0) is 25.4. The van der Waals surface area contributed by atoms with Crippen molar-refractivity contribution in [1.82, 2.24) is 23.8 Å². The largest absolute Gasteiger partial charge is 0.497 e. The first-order valence-corrected chi connectivity index (χ1v) is 12.3. The number of aryl methyl sites for hydroxylation is 1. The third-order valence-corrected chi connectivity index (χ3v) is 7.31.